The number of amides is 5. The molecule has 0 saturated carbocycles. The van der Waals surface area contributed by atoms with Crippen LogP contribution in [0.1, 0.15) is 55.4 Å². The van der Waals surface area contributed by atoms with Crippen molar-refractivity contribution >= 4 is 29.5 Å². The van der Waals surface area contributed by atoms with Crippen LogP contribution in [0.3, 0.4) is 0 Å². The van der Waals surface area contributed by atoms with E-state index in [0.29, 0.717) is 0 Å². The Labute approximate surface area is 822 Å². The monoisotopic (exact) mass is 2120 g/mol. The molecule has 12 aliphatic heterocycles. The summed E-state index contributed by atoms with van der Waals surface area (Å²) in [6.07, 6.45) is -117. The van der Waals surface area contributed by atoms with E-state index < -0.39 is 457 Å². The molecule has 0 spiro atoms. The van der Waals surface area contributed by atoms with Crippen molar-refractivity contribution in [3.05, 3.63) is 0 Å². The van der Waals surface area contributed by atoms with Gasteiger partial charge in [0.05, 0.1) is 77.8 Å². The van der Waals surface area contributed by atoms with Crippen molar-refractivity contribution in [2.45, 2.75) is 424 Å². The molecule has 0 aliphatic carbocycles. The molecule has 145 heavy (non-hydrogen) atoms. The van der Waals surface area contributed by atoms with Crippen molar-refractivity contribution in [2.75, 3.05) is 59.5 Å². The fourth-order valence-corrected chi connectivity index (χ4v) is 19.0. The molecule has 0 radical (unpaired) electrons. The maximum Gasteiger partial charge on any atom is 0.217 e. The van der Waals surface area contributed by atoms with Crippen LogP contribution in [0.5, 0.6) is 0 Å². The van der Waals surface area contributed by atoms with E-state index in [0.717, 1.165) is 34.6 Å². The summed E-state index contributed by atoms with van der Waals surface area (Å²) in [5.41, 5.74) is 0. The third-order valence-corrected chi connectivity index (χ3v) is 27.0. The van der Waals surface area contributed by atoms with E-state index in [1.165, 1.54) is 20.8 Å². The first-order chi connectivity index (χ1) is 68.5. The first kappa shape index (κ1) is 119. The molecule has 0 aromatic heterocycles. The number of ether oxygens (including phenoxy) is 23. The standard InChI is InChI=1S/C82H137N5O58/c1-18-40(100)51(111)57(117)76(125-18)123-17-34-63(49(109)35(71(122)128-34)83-21(4)95)137-73-37(85-23(6)97)50(110)62(30(13-92)133-73)138-80-61(121)68(143-82-70(56(116)46(106)29(12-91)132-82)145-75-39(87-25(8)99)67(142-78-59(119)53(113)42(102)20(3)127-78)65(32(15-94)135-75)140-79-60(120)54(114)44(104)27(10-89)130-79)47(107)33(136-80)16-124-81-69(55(115)45(105)28(11-90)131-81)144-74-38(86-24(7)98)66(141-77-58(118)52(112)41(101)19(2)126-77)64(31(14-93)134-74)139-72-36(84-22(5)96)48(108)43(103)26(9-88)129-72/h18-20,26-82,88-94,100-122H,9-17H2,1-8H3,(H,83,95)(H,84,96)(H,85,97)(H,86,98)(H,87,99)/t18-,19-,20-,26+,27+,28+,29+,30+,31+,32+,33+,34+,35+,36+,37+,38+,39+,40+,41+,42+,43-,44-,45+,46+,47+,48+,49+,50+,51+,52+,53+,54-,55-,56-,57-,58-,59-,60+,61-,62+,63+,64+,65+,66+,67+,68-,69-,70-,71?,72-,73-,74-,75-,76+,77-,78-,79-,80-,81-,82+/m0/s1. The van der Waals surface area contributed by atoms with Gasteiger partial charge in [0.1, 0.15) is 274 Å². The second-order valence-electron chi connectivity index (χ2n) is 37.3. The minimum atomic E-state index is -2.74. The van der Waals surface area contributed by atoms with Gasteiger partial charge in [-0.2, -0.15) is 0 Å². The summed E-state index contributed by atoms with van der Waals surface area (Å²) in [5.74, 6) is -4.91. The van der Waals surface area contributed by atoms with Crippen molar-refractivity contribution in [3.63, 3.8) is 0 Å². The Bertz CT molecular complexity index is 4070. The Balaban J connectivity index is 0.922. The van der Waals surface area contributed by atoms with Crippen LogP contribution in [-0.2, 0) is 133 Å². The first-order valence-corrected chi connectivity index (χ1v) is 46.7. The summed E-state index contributed by atoms with van der Waals surface area (Å²) < 4.78 is 141. The van der Waals surface area contributed by atoms with Crippen LogP contribution < -0.4 is 26.6 Å². The lowest BCUT2D eigenvalue weighted by Gasteiger charge is -2.52. The predicted octanol–water partition coefficient (Wildman–Crippen LogP) is -23.4. The number of carbonyl (C=O) groups excluding carboxylic acids is 5. The molecule has 0 aromatic rings. The number of aliphatic hydroxyl groups is 30. The molecular weight excluding hydrogens is 1980 g/mol. The van der Waals surface area contributed by atoms with Gasteiger partial charge in [-0.1, -0.05) is 0 Å². The molecule has 12 saturated heterocycles. The van der Waals surface area contributed by atoms with Crippen LogP contribution in [0.15, 0.2) is 0 Å². The van der Waals surface area contributed by atoms with Gasteiger partial charge in [0.15, 0.2) is 75.5 Å². The largest absolute Gasteiger partial charge is 0.394 e. The summed E-state index contributed by atoms with van der Waals surface area (Å²) in [6, 6.07) is -9.92. The molecule has 0 bridgehead atoms. The molecular formula is C82H137N5O58. The molecule has 12 heterocycles. The second kappa shape index (κ2) is 51.5. The quantitative estimate of drug-likeness (QED) is 0.0277. The van der Waals surface area contributed by atoms with Gasteiger partial charge in [-0.3, -0.25) is 24.0 Å². The topological polar surface area (TPSA) is 965 Å². The molecule has 60 atom stereocenters. The summed E-state index contributed by atoms with van der Waals surface area (Å²) in [7, 11) is 0. The lowest BCUT2D eigenvalue weighted by atomic mass is 9.93. The molecule has 63 nitrogen and oxygen atoms in total. The van der Waals surface area contributed by atoms with E-state index in [-0.39, 0.29) is 0 Å². The number of rotatable bonds is 36. The first-order valence-electron chi connectivity index (χ1n) is 46.7. The Morgan fingerprint density at radius 3 is 0.883 bits per heavy atom. The molecule has 1 unspecified atom stereocenters. The van der Waals surface area contributed by atoms with E-state index in [1.54, 1.807) is 0 Å². The summed E-state index contributed by atoms with van der Waals surface area (Å²) in [6.45, 7) is -2.38. The maximum atomic E-state index is 13.7. The zero-order valence-corrected chi connectivity index (χ0v) is 78.9. The number of aliphatic hydroxyl groups excluding tert-OH is 30. The SMILES string of the molecule is CC(=O)N[C@H]1[C@H](O[C@H]2[C@H](O)[C@@H](NC(C)=O)C(O)O[C@@H]2CO[C@@H]2O[C@@H](C)[C@@H](O)[C@@H](O)[C@@H]2O)O[C@H](CO)[C@@H](O[C@@H]2O[C@H](CO[C@H]3O[C@H](CO)[C@@H](O)[C@H](O)[C@@H]3O[C@@H]3O[C@H](CO)[C@@H](O[C@@H]4O[C@H](CO)[C@H](O)[C@H](O)[C@H]4NC(C)=O)[C@H](O[C@@H]4O[C@@H](C)[C@@H](O)[C@@H](O)[C@@H]4O)[C@H]3NC(C)=O)[C@@H](O)[C@H](O[C@H]3O[C@H](CO)[C@@H](O)[C@H](O)[C@@H]3O[C@@H]3O[C@H](CO)[C@@H](O[C@@H]4O[C@H](CO)[C@H](O)[C@H](O)[C@H]4O)[C@H](O[C@@H]4O[C@@H](C)[C@@H](O)[C@@H](O)[C@@H]4O)[C@H]3NC(C)=O)[C@@H]2O)[C@@H]1O. The van der Waals surface area contributed by atoms with Gasteiger partial charge in [0.2, 0.25) is 29.5 Å². The third kappa shape index (κ3) is 26.4. The average molecular weight is 2120 g/mol. The zero-order valence-electron chi connectivity index (χ0n) is 78.9. The van der Waals surface area contributed by atoms with Crippen molar-refractivity contribution in [3.8, 4) is 0 Å². The number of hydrogen-bond acceptors (Lipinski definition) is 58. The highest BCUT2D eigenvalue weighted by Crippen LogP contribution is 2.43. The van der Waals surface area contributed by atoms with E-state index in [9.17, 15) is 177 Å². The summed E-state index contributed by atoms with van der Waals surface area (Å²) in [4.78, 5) is 66.2. The number of nitrogens with one attached hydrogen (secondary N) is 5. The minimum Gasteiger partial charge on any atom is -0.394 e. The van der Waals surface area contributed by atoms with Crippen LogP contribution >= 0.6 is 0 Å². The van der Waals surface area contributed by atoms with E-state index in [4.69, 9.17) is 109 Å². The summed E-state index contributed by atoms with van der Waals surface area (Å²) >= 11 is 0. The van der Waals surface area contributed by atoms with E-state index >= 15 is 0 Å². The fraction of sp³-hybridized carbons (Fsp3) is 0.939. The highest BCUT2D eigenvalue weighted by Gasteiger charge is 2.64. The van der Waals surface area contributed by atoms with E-state index in [2.05, 4.69) is 26.6 Å². The fourth-order valence-electron chi connectivity index (χ4n) is 19.0. The smallest absolute Gasteiger partial charge is 0.217 e. The molecule has 63 heteroatoms. The van der Waals surface area contributed by atoms with Crippen molar-refractivity contribution in [2.24, 2.45) is 0 Å². The van der Waals surface area contributed by atoms with Gasteiger partial charge in [0, 0.05) is 34.6 Å². The van der Waals surface area contributed by atoms with Crippen LogP contribution in [0, 0.1) is 0 Å². The Morgan fingerprint density at radius 2 is 0.448 bits per heavy atom. The van der Waals surface area contributed by atoms with Gasteiger partial charge < -0.3 is 289 Å². The van der Waals surface area contributed by atoms with Crippen molar-refractivity contribution in [1.82, 2.24) is 26.6 Å². The van der Waals surface area contributed by atoms with Crippen LogP contribution in [-0.4, -0.2) is 610 Å². The van der Waals surface area contributed by atoms with Gasteiger partial charge in [-0.15, -0.1) is 0 Å². The Hall–Kier alpha value is -4.77. The van der Waals surface area contributed by atoms with Crippen molar-refractivity contribution < 1.29 is 286 Å². The summed E-state index contributed by atoms with van der Waals surface area (Å²) in [5, 5.41) is 353. The second-order valence-corrected chi connectivity index (χ2v) is 37.3. The molecule has 12 rings (SSSR count). The highest BCUT2D eigenvalue weighted by atomic mass is 16.8. The van der Waals surface area contributed by atoms with Crippen LogP contribution in [0.25, 0.3) is 0 Å². The normalized spacial score (nSPS) is 50.1. The van der Waals surface area contributed by atoms with E-state index in [1.807, 2.05) is 0 Å². The minimum absolute atomic E-state index is 0.877. The highest BCUT2D eigenvalue weighted by molar-refractivity contribution is 5.75. The third-order valence-electron chi connectivity index (χ3n) is 27.0. The van der Waals surface area contributed by atoms with Crippen molar-refractivity contribution in [1.29, 1.82) is 0 Å². The van der Waals surface area contributed by atoms with Crippen LogP contribution in [0.2, 0.25) is 0 Å². The number of hydrogen-bond donors (Lipinski definition) is 35. The Morgan fingerprint density at radius 1 is 0.193 bits per heavy atom. The average Bonchev–Trinajstić information content (AvgIpc) is 0.758. The predicted molar refractivity (Wildman–Crippen MR) is 449 cm³/mol. The van der Waals surface area contributed by atoms with Gasteiger partial charge in [0.25, 0.3) is 0 Å². The Kier molecular flexibility index (Phi) is 42.2. The molecule has 838 valence electrons. The lowest BCUT2D eigenvalue weighted by Crippen LogP contribution is -2.72. The van der Waals surface area contributed by atoms with Gasteiger partial charge in [-0.25, -0.2) is 0 Å². The van der Waals surface area contributed by atoms with Gasteiger partial charge in [-0.05, 0) is 20.8 Å². The molecule has 5 amide bonds. The molecule has 12 fully saturated rings. The molecule has 0 aromatic carbocycles. The van der Waals surface area contributed by atoms with Crippen LogP contribution in [0.4, 0.5) is 0 Å². The molecule has 12 aliphatic rings. The van der Waals surface area contributed by atoms with Gasteiger partial charge >= 0.3 is 0 Å². The maximum absolute atomic E-state index is 13.7. The zero-order chi connectivity index (χ0) is 107. The lowest BCUT2D eigenvalue weighted by molar-refractivity contribution is -0.404. The molecule has 35 N–H and O–H groups in total. The number of carbonyl (C=O) groups is 5.